The second-order valence-electron chi connectivity index (χ2n) is 2.55. The number of hydrogen-bond acceptors (Lipinski definition) is 1. The number of aliphatic imine (C=N–C) groups is 2. The molecule has 13 heavy (non-hydrogen) atoms. The maximum absolute atomic E-state index is 5.45. The summed E-state index contributed by atoms with van der Waals surface area (Å²) in [7, 11) is 7.06. The summed E-state index contributed by atoms with van der Waals surface area (Å²) in [6.45, 7) is 12.7. The number of hydrogen-bond donors (Lipinski definition) is 0. The van der Waals surface area contributed by atoms with Crippen molar-refractivity contribution in [3.05, 3.63) is 36.9 Å². The maximum Gasteiger partial charge on any atom is 0.139 e. The number of rotatable bonds is 3. The van der Waals surface area contributed by atoms with Crippen LogP contribution in [0.15, 0.2) is 46.8 Å². The van der Waals surface area contributed by atoms with E-state index in [0.717, 1.165) is 5.57 Å². The summed E-state index contributed by atoms with van der Waals surface area (Å²) in [6, 6.07) is 0. The summed E-state index contributed by atoms with van der Waals surface area (Å²) < 4.78 is 0. The van der Waals surface area contributed by atoms with Gasteiger partial charge in [0.15, 0.2) is 0 Å². The molecule has 0 aromatic heterocycles. The molecule has 0 saturated carbocycles. The topological polar surface area (TPSA) is 24.7 Å². The molecule has 0 fully saturated rings. The van der Waals surface area contributed by atoms with Crippen molar-refractivity contribution in [1.82, 2.24) is 0 Å². The standard InChI is InChI=1S/C10H13BN2/c1-6-9(7(2)3)13-10(12-5)8(4)11/h6H,1-2,4H2,3,5H3. The van der Waals surface area contributed by atoms with Crippen molar-refractivity contribution in [3.8, 4) is 0 Å². The second-order valence-corrected chi connectivity index (χ2v) is 2.55. The van der Waals surface area contributed by atoms with E-state index in [1.165, 1.54) is 0 Å². The third-order valence-electron chi connectivity index (χ3n) is 1.36. The second kappa shape index (κ2) is 5.30. The molecule has 0 aromatic rings. The average molecular weight is 172 g/mol. The van der Waals surface area contributed by atoms with Crippen molar-refractivity contribution in [2.75, 3.05) is 7.05 Å². The van der Waals surface area contributed by atoms with Crippen LogP contribution in [0.2, 0.25) is 0 Å². The number of nitrogens with zero attached hydrogens (tertiary/aromatic N) is 2. The molecule has 0 unspecified atom stereocenters. The van der Waals surface area contributed by atoms with Crippen molar-refractivity contribution in [1.29, 1.82) is 0 Å². The minimum atomic E-state index is 0.336. The summed E-state index contributed by atoms with van der Waals surface area (Å²) in [5, 5.41) is 0. The minimum absolute atomic E-state index is 0.336. The Hall–Kier alpha value is -1.38. The fourth-order valence-electron chi connectivity index (χ4n) is 0.695. The molecular weight excluding hydrogens is 159 g/mol. The Kier molecular flexibility index (Phi) is 4.74. The summed E-state index contributed by atoms with van der Waals surface area (Å²) >= 11 is 0. The van der Waals surface area contributed by atoms with Crippen LogP contribution in [0.4, 0.5) is 0 Å². The highest BCUT2D eigenvalue weighted by Crippen LogP contribution is 1.99. The van der Waals surface area contributed by atoms with Crippen molar-refractivity contribution < 1.29 is 0 Å². The molecule has 0 aliphatic rings. The summed E-state index contributed by atoms with van der Waals surface area (Å²) in [5.74, 6) is 0.415. The number of amidine groups is 1. The molecule has 0 saturated heterocycles. The first-order valence-electron chi connectivity index (χ1n) is 3.81. The minimum Gasteiger partial charge on any atom is -0.271 e. The molecule has 0 bridgehead atoms. The normalized spacial score (nSPS) is 12.5. The third-order valence-corrected chi connectivity index (χ3v) is 1.36. The molecule has 2 radical (unpaired) electrons. The van der Waals surface area contributed by atoms with E-state index in [1.807, 2.05) is 6.92 Å². The maximum atomic E-state index is 5.45. The van der Waals surface area contributed by atoms with E-state index >= 15 is 0 Å². The quantitative estimate of drug-likeness (QED) is 0.353. The lowest BCUT2D eigenvalue weighted by atomic mass is 9.97. The van der Waals surface area contributed by atoms with Crippen molar-refractivity contribution in [2.45, 2.75) is 6.92 Å². The zero-order valence-electron chi connectivity index (χ0n) is 8.17. The SMILES string of the molecule is [B]C(=C)C(N=C(C=C)C(=C)C)=NC. The lowest BCUT2D eigenvalue weighted by molar-refractivity contribution is 1.40. The molecule has 3 heteroatoms. The van der Waals surface area contributed by atoms with E-state index in [0.29, 0.717) is 17.0 Å². The number of allylic oxidation sites excluding steroid dienone is 2. The fourth-order valence-corrected chi connectivity index (χ4v) is 0.695. The molecule has 0 aliphatic carbocycles. The van der Waals surface area contributed by atoms with Gasteiger partial charge in [-0.05, 0) is 18.6 Å². The van der Waals surface area contributed by atoms with E-state index in [-0.39, 0.29) is 0 Å². The molecule has 2 nitrogen and oxygen atoms in total. The van der Waals surface area contributed by atoms with Crippen LogP contribution in [0, 0.1) is 0 Å². The largest absolute Gasteiger partial charge is 0.271 e. The molecular formula is C10H13BN2. The van der Waals surface area contributed by atoms with Gasteiger partial charge in [0.05, 0.1) is 5.71 Å². The van der Waals surface area contributed by atoms with Crippen molar-refractivity contribution >= 4 is 19.4 Å². The molecule has 0 atom stereocenters. The van der Waals surface area contributed by atoms with E-state index < -0.39 is 0 Å². The van der Waals surface area contributed by atoms with Crippen LogP contribution in [0.1, 0.15) is 6.92 Å². The first kappa shape index (κ1) is 11.6. The molecule has 0 rings (SSSR count). The van der Waals surface area contributed by atoms with Gasteiger partial charge in [-0.25, -0.2) is 4.99 Å². The summed E-state index contributed by atoms with van der Waals surface area (Å²) in [5.41, 5.74) is 1.83. The Labute approximate surface area is 80.9 Å². The highest BCUT2D eigenvalue weighted by atomic mass is 14.9. The van der Waals surface area contributed by atoms with E-state index in [2.05, 4.69) is 29.7 Å². The highest BCUT2D eigenvalue weighted by Gasteiger charge is 1.99. The summed E-state index contributed by atoms with van der Waals surface area (Å²) in [4.78, 5) is 8.01. The monoisotopic (exact) mass is 172 g/mol. The van der Waals surface area contributed by atoms with Crippen LogP contribution in [0.3, 0.4) is 0 Å². The van der Waals surface area contributed by atoms with Gasteiger partial charge in [-0.15, -0.1) is 6.58 Å². The van der Waals surface area contributed by atoms with Gasteiger partial charge >= 0.3 is 0 Å². The predicted octanol–water partition coefficient (Wildman–Crippen LogP) is 1.90. The van der Waals surface area contributed by atoms with Gasteiger partial charge in [0.25, 0.3) is 0 Å². The van der Waals surface area contributed by atoms with Gasteiger partial charge in [0, 0.05) is 7.05 Å². The fraction of sp³-hybridized carbons (Fsp3) is 0.200. The van der Waals surface area contributed by atoms with Crippen molar-refractivity contribution in [2.24, 2.45) is 9.98 Å². The third kappa shape index (κ3) is 3.70. The Morgan fingerprint density at radius 2 is 1.92 bits per heavy atom. The van der Waals surface area contributed by atoms with E-state index in [9.17, 15) is 0 Å². The van der Waals surface area contributed by atoms with Gasteiger partial charge in [0.1, 0.15) is 13.7 Å². The first-order valence-corrected chi connectivity index (χ1v) is 3.81. The van der Waals surface area contributed by atoms with Crippen molar-refractivity contribution in [3.63, 3.8) is 0 Å². The van der Waals surface area contributed by atoms with Crippen LogP contribution < -0.4 is 0 Å². The zero-order chi connectivity index (χ0) is 10.4. The Balaban J connectivity index is 4.98. The highest BCUT2D eigenvalue weighted by molar-refractivity contribution is 6.38. The van der Waals surface area contributed by atoms with Crippen LogP contribution in [0.25, 0.3) is 0 Å². The zero-order valence-corrected chi connectivity index (χ0v) is 8.17. The first-order chi connectivity index (χ1) is 6.02. The molecule has 0 aliphatic heterocycles. The van der Waals surface area contributed by atoms with Crippen LogP contribution >= 0.6 is 0 Å². The predicted molar refractivity (Wildman–Crippen MR) is 60.7 cm³/mol. The Morgan fingerprint density at radius 3 is 2.15 bits per heavy atom. The van der Waals surface area contributed by atoms with Crippen LogP contribution in [-0.4, -0.2) is 26.4 Å². The molecule has 0 amide bonds. The van der Waals surface area contributed by atoms with Gasteiger partial charge in [-0.3, -0.25) is 4.99 Å². The van der Waals surface area contributed by atoms with Crippen LogP contribution in [-0.2, 0) is 0 Å². The molecule has 66 valence electrons. The van der Waals surface area contributed by atoms with E-state index in [4.69, 9.17) is 7.85 Å². The molecule has 0 heterocycles. The molecule has 0 spiro atoms. The average Bonchev–Trinajstić information content (AvgIpc) is 2.05. The molecule has 0 aromatic carbocycles. The summed E-state index contributed by atoms with van der Waals surface area (Å²) in [6.07, 6.45) is 1.61. The lowest BCUT2D eigenvalue weighted by Crippen LogP contribution is -2.04. The Bertz CT molecular complexity index is 298. The lowest BCUT2D eigenvalue weighted by Gasteiger charge is -2.02. The van der Waals surface area contributed by atoms with Gasteiger partial charge < -0.3 is 0 Å². The van der Waals surface area contributed by atoms with Gasteiger partial charge in [-0.1, -0.05) is 18.6 Å². The Morgan fingerprint density at radius 1 is 1.38 bits per heavy atom. The molecule has 0 N–H and O–H groups in total. The van der Waals surface area contributed by atoms with E-state index in [1.54, 1.807) is 13.1 Å². The van der Waals surface area contributed by atoms with Gasteiger partial charge in [-0.2, -0.15) is 0 Å². The van der Waals surface area contributed by atoms with Crippen LogP contribution in [0.5, 0.6) is 0 Å². The smallest absolute Gasteiger partial charge is 0.139 e. The van der Waals surface area contributed by atoms with Gasteiger partial charge in [0.2, 0.25) is 0 Å².